The van der Waals surface area contributed by atoms with Crippen LogP contribution in [0.2, 0.25) is 0 Å². The number of ketones is 3. The second kappa shape index (κ2) is 16.0. The maximum Gasteiger partial charge on any atom is 0.303 e. The van der Waals surface area contributed by atoms with Gasteiger partial charge in [0.15, 0.2) is 0 Å². The molecule has 0 radical (unpaired) electrons. The molecule has 1 saturated heterocycles. The predicted octanol–water partition coefficient (Wildman–Crippen LogP) is -3.05. The van der Waals surface area contributed by atoms with Crippen LogP contribution >= 0.6 is 0 Å². The minimum atomic E-state index is -1.44. The van der Waals surface area contributed by atoms with Gasteiger partial charge in [-0.15, -0.1) is 0 Å². The summed E-state index contributed by atoms with van der Waals surface area (Å²) in [4.78, 5) is 83.5. The molecule has 2 amide bonds. The Morgan fingerprint density at radius 1 is 1.11 bits per heavy atom. The first kappa shape index (κ1) is 32.9. The van der Waals surface area contributed by atoms with Crippen molar-refractivity contribution >= 4 is 41.4 Å². The largest absolute Gasteiger partial charge is 0.481 e. The fourth-order valence-electron chi connectivity index (χ4n) is 3.89. The van der Waals surface area contributed by atoms with Crippen molar-refractivity contribution in [2.75, 3.05) is 13.1 Å². The van der Waals surface area contributed by atoms with Gasteiger partial charge in [0.1, 0.15) is 12.3 Å². The average Bonchev–Trinajstić information content (AvgIpc) is 3.30. The van der Waals surface area contributed by atoms with E-state index in [1.807, 2.05) is 13.8 Å². The number of aldehydes is 1. The van der Waals surface area contributed by atoms with Gasteiger partial charge < -0.3 is 26.1 Å². The Morgan fingerprint density at radius 3 is 2.29 bits per heavy atom. The van der Waals surface area contributed by atoms with E-state index in [1.54, 1.807) is 5.01 Å². The van der Waals surface area contributed by atoms with Crippen LogP contribution in [0.3, 0.4) is 0 Å². The van der Waals surface area contributed by atoms with E-state index in [2.05, 4.69) is 21.6 Å². The van der Waals surface area contributed by atoms with E-state index in [0.29, 0.717) is 25.8 Å². The molecule has 0 aromatic carbocycles. The van der Waals surface area contributed by atoms with Crippen LogP contribution in [0.15, 0.2) is 0 Å². The molecular formula is C23H38N6O9. The molecule has 1 aliphatic rings. The fraction of sp³-hybridized carbons (Fsp3) is 0.696. The zero-order valence-electron chi connectivity index (χ0n) is 21.8. The highest BCUT2D eigenvalue weighted by Crippen LogP contribution is 2.18. The van der Waals surface area contributed by atoms with E-state index < -0.39 is 78.4 Å². The molecule has 1 aliphatic heterocycles. The van der Waals surface area contributed by atoms with Crippen LogP contribution in [0.1, 0.15) is 52.9 Å². The van der Waals surface area contributed by atoms with Crippen LogP contribution in [0.25, 0.3) is 0 Å². The molecule has 0 unspecified atom stereocenters. The highest BCUT2D eigenvalue weighted by atomic mass is 16.4. The number of amides is 2. The van der Waals surface area contributed by atoms with Crippen LogP contribution in [0.4, 0.5) is 0 Å². The minimum Gasteiger partial charge on any atom is -0.481 e. The number of aliphatic hydroxyl groups excluding tert-OH is 1. The van der Waals surface area contributed by atoms with Crippen molar-refractivity contribution in [3.05, 3.63) is 0 Å². The summed E-state index contributed by atoms with van der Waals surface area (Å²) in [6, 6.07) is -4.24. The normalized spacial score (nSPS) is 18.8. The van der Waals surface area contributed by atoms with Gasteiger partial charge in [0.25, 0.3) is 5.91 Å². The molecule has 15 nitrogen and oxygen atoms in total. The number of hydrogen-bond acceptors (Lipinski definition) is 12. The Bertz CT molecular complexity index is 895. The first-order valence-corrected chi connectivity index (χ1v) is 12.4. The van der Waals surface area contributed by atoms with Crippen molar-refractivity contribution < 1.29 is 43.8 Å². The summed E-state index contributed by atoms with van der Waals surface area (Å²) in [6.45, 7) is 4.82. The second-order valence-electron chi connectivity index (χ2n) is 9.58. The number of hydrogen-bond donors (Lipinski definition) is 7. The zero-order chi connectivity index (χ0) is 29.0. The lowest BCUT2D eigenvalue weighted by Gasteiger charge is -2.29. The molecule has 38 heavy (non-hydrogen) atoms. The van der Waals surface area contributed by atoms with Gasteiger partial charge in [0.05, 0.1) is 30.8 Å². The molecule has 1 fully saturated rings. The first-order chi connectivity index (χ1) is 17.8. The third-order valence-corrected chi connectivity index (χ3v) is 5.86. The summed E-state index contributed by atoms with van der Waals surface area (Å²) in [7, 11) is 0. The third-order valence-electron chi connectivity index (χ3n) is 5.86. The molecule has 1 heterocycles. The molecular weight excluding hydrogens is 504 g/mol. The van der Waals surface area contributed by atoms with Crippen molar-refractivity contribution in [2.45, 2.75) is 83.1 Å². The summed E-state index contributed by atoms with van der Waals surface area (Å²) >= 11 is 0. The van der Waals surface area contributed by atoms with E-state index in [0.717, 1.165) is 6.29 Å². The Hall–Kier alpha value is -3.11. The smallest absolute Gasteiger partial charge is 0.303 e. The summed E-state index contributed by atoms with van der Waals surface area (Å²) < 4.78 is 0. The Kier molecular flexibility index (Phi) is 13.8. The standard InChI is InChI=1S/C23H38N6O9/c1-12(2)9-14(11-30)28-29-8-4-5-16(29)21(36)20(35)15(6-7-18(33)34)26-27-19(13(3)31)23(38)25-10-17(32)22(24)37/h11-16,19,26-28,31H,4-10H2,1-3H3,(H2,24,37)(H,25,38)(H,33,34)/t13-,14+,15+,16+,19+/m1/s1. The molecule has 0 aromatic heterocycles. The van der Waals surface area contributed by atoms with Gasteiger partial charge in [-0.25, -0.2) is 21.3 Å². The number of carbonyl (C=O) groups excluding carboxylic acids is 6. The number of nitrogens with zero attached hydrogens (tertiary/aromatic N) is 1. The molecule has 8 N–H and O–H groups in total. The molecule has 5 atom stereocenters. The highest BCUT2D eigenvalue weighted by molar-refractivity contribution is 6.41. The Labute approximate surface area is 220 Å². The van der Waals surface area contributed by atoms with Crippen LogP contribution in [0, 0.1) is 5.92 Å². The molecule has 0 spiro atoms. The first-order valence-electron chi connectivity index (χ1n) is 12.4. The number of hydrazine groups is 2. The SMILES string of the molecule is CC(C)C[C@@H](C=O)NN1CCC[C@H]1C(=O)C(=O)[C@H](CCC(=O)O)NN[C@H](C(=O)NCC(=O)C(N)=O)[C@@H](C)O. The Morgan fingerprint density at radius 2 is 1.76 bits per heavy atom. The van der Waals surface area contributed by atoms with Crippen molar-refractivity contribution in [3.8, 4) is 0 Å². The van der Waals surface area contributed by atoms with E-state index in [9.17, 15) is 38.7 Å². The Balaban J connectivity index is 2.96. The number of carbonyl (C=O) groups is 7. The van der Waals surface area contributed by atoms with Gasteiger partial charge in [-0.2, -0.15) is 0 Å². The number of aliphatic hydroxyl groups is 1. The molecule has 214 valence electrons. The van der Waals surface area contributed by atoms with Crippen molar-refractivity contribution in [2.24, 2.45) is 11.7 Å². The number of rotatable bonds is 19. The van der Waals surface area contributed by atoms with E-state index in [1.165, 1.54) is 6.92 Å². The highest BCUT2D eigenvalue weighted by Gasteiger charge is 2.38. The van der Waals surface area contributed by atoms with Gasteiger partial charge >= 0.3 is 5.97 Å². The number of carboxylic acids is 1. The maximum absolute atomic E-state index is 13.1. The van der Waals surface area contributed by atoms with Crippen LogP contribution in [-0.2, 0) is 33.6 Å². The molecule has 15 heteroatoms. The van der Waals surface area contributed by atoms with Gasteiger partial charge in [0, 0.05) is 13.0 Å². The minimum absolute atomic E-state index is 0.208. The van der Waals surface area contributed by atoms with Crippen LogP contribution in [-0.4, -0.2) is 100 Å². The quantitative estimate of drug-likeness (QED) is 0.0488. The zero-order valence-corrected chi connectivity index (χ0v) is 21.8. The van der Waals surface area contributed by atoms with Gasteiger partial charge in [-0.1, -0.05) is 13.8 Å². The average molecular weight is 543 g/mol. The fourth-order valence-corrected chi connectivity index (χ4v) is 3.89. The molecule has 0 aliphatic carbocycles. The summed E-state index contributed by atoms with van der Waals surface area (Å²) in [6.07, 6.45) is 0.0287. The number of nitrogens with one attached hydrogen (secondary N) is 4. The lowest BCUT2D eigenvalue weighted by molar-refractivity contribution is -0.142. The van der Waals surface area contributed by atoms with Crippen molar-refractivity contribution in [1.82, 2.24) is 26.6 Å². The second-order valence-corrected chi connectivity index (χ2v) is 9.58. The van der Waals surface area contributed by atoms with E-state index in [-0.39, 0.29) is 12.3 Å². The predicted molar refractivity (Wildman–Crippen MR) is 132 cm³/mol. The summed E-state index contributed by atoms with van der Waals surface area (Å²) in [5.74, 6) is -6.03. The van der Waals surface area contributed by atoms with Gasteiger partial charge in [-0.3, -0.25) is 28.8 Å². The molecule has 0 saturated carbocycles. The van der Waals surface area contributed by atoms with Crippen LogP contribution in [0.5, 0.6) is 0 Å². The van der Waals surface area contributed by atoms with Crippen molar-refractivity contribution in [1.29, 1.82) is 0 Å². The summed E-state index contributed by atoms with van der Waals surface area (Å²) in [5, 5.41) is 22.7. The monoisotopic (exact) mass is 542 g/mol. The number of primary amides is 1. The van der Waals surface area contributed by atoms with Gasteiger partial charge in [0.2, 0.25) is 23.3 Å². The lowest BCUT2D eigenvalue weighted by Crippen LogP contribution is -2.61. The van der Waals surface area contributed by atoms with Crippen molar-refractivity contribution in [3.63, 3.8) is 0 Å². The molecule has 0 bridgehead atoms. The van der Waals surface area contributed by atoms with Gasteiger partial charge in [-0.05, 0) is 38.5 Å². The van der Waals surface area contributed by atoms with E-state index in [4.69, 9.17) is 10.8 Å². The number of aliphatic carboxylic acids is 1. The topological polar surface area (TPSA) is 237 Å². The molecule has 0 aromatic rings. The maximum atomic E-state index is 13.1. The van der Waals surface area contributed by atoms with E-state index >= 15 is 0 Å². The number of nitrogens with two attached hydrogens (primary N) is 1. The molecule has 1 rings (SSSR count). The third kappa shape index (κ3) is 10.7. The number of carboxylic acid groups (broad SMARTS) is 1. The number of Topliss-reactive ketones (excluding diaryl/α,β-unsaturated/α-hetero) is 3. The van der Waals surface area contributed by atoms with Crippen LogP contribution < -0.4 is 27.3 Å². The lowest BCUT2D eigenvalue weighted by atomic mass is 9.98. The summed E-state index contributed by atoms with van der Waals surface area (Å²) in [5.41, 5.74) is 12.7.